The normalized spacial score (nSPS) is 12.2. The summed E-state index contributed by atoms with van der Waals surface area (Å²) in [4.78, 5) is 0.976. The van der Waals surface area contributed by atoms with Gasteiger partial charge in [-0.05, 0) is 42.5 Å². The van der Waals surface area contributed by atoms with Crippen LogP contribution < -0.4 is 0 Å². The zero-order chi connectivity index (χ0) is 13.8. The lowest BCUT2D eigenvalue weighted by Crippen LogP contribution is -2.05. The van der Waals surface area contributed by atoms with Crippen molar-refractivity contribution in [3.63, 3.8) is 0 Å². The molecule has 2 heteroatoms. The van der Waals surface area contributed by atoms with Gasteiger partial charge >= 0.3 is 0 Å². The first-order valence-corrected chi connectivity index (χ1v) is 6.94. The fourth-order valence-electron chi connectivity index (χ4n) is 2.10. The van der Waals surface area contributed by atoms with Crippen molar-refractivity contribution in [2.45, 2.75) is 31.1 Å². The van der Waals surface area contributed by atoms with Crippen LogP contribution in [0.1, 0.15) is 36.0 Å². The molecule has 0 spiro atoms. The van der Waals surface area contributed by atoms with Gasteiger partial charge in [0.15, 0.2) is 0 Å². The number of hydrogen-bond donors (Lipinski definition) is 2. The van der Waals surface area contributed by atoms with E-state index < -0.39 is 0 Å². The van der Waals surface area contributed by atoms with Gasteiger partial charge in [-0.2, -0.15) is 0 Å². The lowest BCUT2D eigenvalue weighted by atomic mass is 9.92. The highest BCUT2D eigenvalue weighted by atomic mass is 32.1. The van der Waals surface area contributed by atoms with Crippen LogP contribution in [0, 0.1) is 12.3 Å². The van der Waals surface area contributed by atoms with Crippen molar-refractivity contribution in [3.8, 4) is 0 Å². The van der Waals surface area contributed by atoms with Crippen LogP contribution in [-0.4, -0.2) is 5.71 Å². The highest BCUT2D eigenvalue weighted by Crippen LogP contribution is 2.22. The van der Waals surface area contributed by atoms with E-state index in [1.807, 2.05) is 24.3 Å². The maximum Gasteiger partial charge on any atom is 0.0392 e. The Labute approximate surface area is 120 Å². The third-order valence-corrected chi connectivity index (χ3v) is 3.67. The lowest BCUT2D eigenvalue weighted by Gasteiger charge is -2.13. The smallest absolute Gasteiger partial charge is 0.0392 e. The topological polar surface area (TPSA) is 23.9 Å². The molecule has 2 aromatic rings. The van der Waals surface area contributed by atoms with E-state index in [-0.39, 0.29) is 0 Å². The van der Waals surface area contributed by atoms with Gasteiger partial charge in [0.2, 0.25) is 0 Å². The number of benzene rings is 2. The minimum absolute atomic E-state index is 0.350. The molecule has 0 heterocycles. The predicted molar refractivity (Wildman–Crippen MR) is 84.7 cm³/mol. The Morgan fingerprint density at radius 1 is 1.05 bits per heavy atom. The second-order valence-corrected chi connectivity index (χ2v) is 5.56. The first-order chi connectivity index (χ1) is 9.06. The predicted octanol–water partition coefficient (Wildman–Crippen LogP) is 4.85. The third kappa shape index (κ3) is 3.71. The molecule has 0 saturated heterocycles. The number of nitrogens with one attached hydrogen (secondary N) is 1. The summed E-state index contributed by atoms with van der Waals surface area (Å²) in [5.74, 6) is 0.350. The quantitative estimate of drug-likeness (QED) is 0.586. The first kappa shape index (κ1) is 13.9. The molecule has 1 nitrogen and oxygen atoms in total. The molecule has 0 saturated carbocycles. The molecule has 0 bridgehead atoms. The van der Waals surface area contributed by atoms with E-state index in [0.717, 1.165) is 16.9 Å². The van der Waals surface area contributed by atoms with Crippen molar-refractivity contribution in [2.24, 2.45) is 0 Å². The Kier molecular flexibility index (Phi) is 4.43. The number of hydrogen-bond acceptors (Lipinski definition) is 2. The van der Waals surface area contributed by atoms with Crippen LogP contribution in [-0.2, 0) is 0 Å². The fourth-order valence-corrected chi connectivity index (χ4v) is 2.25. The summed E-state index contributed by atoms with van der Waals surface area (Å²) in [6.07, 6.45) is 0.759. The average molecular weight is 269 g/mol. The van der Waals surface area contributed by atoms with E-state index in [1.54, 1.807) is 0 Å². The molecule has 0 aliphatic heterocycles. The van der Waals surface area contributed by atoms with Gasteiger partial charge in [-0.25, -0.2) is 0 Å². The van der Waals surface area contributed by atoms with E-state index in [0.29, 0.717) is 11.6 Å². The van der Waals surface area contributed by atoms with Crippen molar-refractivity contribution in [3.05, 3.63) is 65.2 Å². The zero-order valence-corrected chi connectivity index (χ0v) is 12.2. The molecule has 19 heavy (non-hydrogen) atoms. The highest BCUT2D eigenvalue weighted by Gasteiger charge is 2.10. The van der Waals surface area contributed by atoms with E-state index >= 15 is 0 Å². The minimum atomic E-state index is 0.350. The Morgan fingerprint density at radius 3 is 2.21 bits per heavy atom. The van der Waals surface area contributed by atoms with Gasteiger partial charge < -0.3 is 5.41 Å². The Morgan fingerprint density at radius 2 is 1.63 bits per heavy atom. The third-order valence-electron chi connectivity index (χ3n) is 3.37. The molecule has 0 radical (unpaired) electrons. The fraction of sp³-hybridized carbons (Fsp3) is 0.235. The Hall–Kier alpha value is -1.54. The van der Waals surface area contributed by atoms with Gasteiger partial charge in [-0.15, -0.1) is 12.6 Å². The van der Waals surface area contributed by atoms with E-state index in [1.165, 1.54) is 11.1 Å². The number of aryl methyl sites for hydroxylation is 1. The second-order valence-electron chi connectivity index (χ2n) is 5.04. The van der Waals surface area contributed by atoms with Crippen LogP contribution in [0.4, 0.5) is 0 Å². The van der Waals surface area contributed by atoms with Crippen LogP contribution in [0.2, 0.25) is 0 Å². The summed E-state index contributed by atoms with van der Waals surface area (Å²) in [5.41, 5.74) is 4.20. The van der Waals surface area contributed by atoms with Crippen LogP contribution in [0.5, 0.6) is 0 Å². The summed E-state index contributed by atoms with van der Waals surface area (Å²) in [6, 6.07) is 16.4. The molecular weight excluding hydrogens is 250 g/mol. The van der Waals surface area contributed by atoms with Gasteiger partial charge in [0.25, 0.3) is 0 Å². The summed E-state index contributed by atoms with van der Waals surface area (Å²) in [7, 11) is 0. The van der Waals surface area contributed by atoms with E-state index in [2.05, 4.69) is 50.7 Å². The summed E-state index contributed by atoms with van der Waals surface area (Å²) in [6.45, 7) is 4.23. The van der Waals surface area contributed by atoms with Crippen LogP contribution in [0.3, 0.4) is 0 Å². The van der Waals surface area contributed by atoms with Crippen molar-refractivity contribution < 1.29 is 0 Å². The zero-order valence-electron chi connectivity index (χ0n) is 11.4. The van der Waals surface area contributed by atoms with Gasteiger partial charge in [-0.3, -0.25) is 0 Å². The lowest BCUT2D eigenvalue weighted by molar-refractivity contribution is 0.801. The van der Waals surface area contributed by atoms with Crippen LogP contribution >= 0.6 is 12.6 Å². The maximum atomic E-state index is 8.21. The molecule has 1 N–H and O–H groups in total. The molecular formula is C17H19NS. The minimum Gasteiger partial charge on any atom is -0.305 e. The highest BCUT2D eigenvalue weighted by molar-refractivity contribution is 7.80. The molecule has 0 aromatic heterocycles. The van der Waals surface area contributed by atoms with E-state index in [9.17, 15) is 0 Å². The molecule has 1 atom stereocenters. The van der Waals surface area contributed by atoms with Gasteiger partial charge in [0.05, 0.1) is 0 Å². The van der Waals surface area contributed by atoms with Crippen LogP contribution in [0.25, 0.3) is 0 Å². The molecule has 0 aliphatic rings. The SMILES string of the molecule is Cc1ccc(C(=N)CC(C)c2ccc(S)cc2)cc1. The molecule has 2 aromatic carbocycles. The monoisotopic (exact) mass is 269 g/mol. The Balaban J connectivity index is 2.06. The largest absolute Gasteiger partial charge is 0.305 e. The van der Waals surface area contributed by atoms with Gasteiger partial charge in [0.1, 0.15) is 0 Å². The number of thiol groups is 1. The molecule has 0 amide bonds. The van der Waals surface area contributed by atoms with Crippen molar-refractivity contribution in [2.75, 3.05) is 0 Å². The van der Waals surface area contributed by atoms with Crippen molar-refractivity contribution in [1.29, 1.82) is 5.41 Å². The summed E-state index contributed by atoms with van der Waals surface area (Å²) in [5, 5.41) is 8.21. The summed E-state index contributed by atoms with van der Waals surface area (Å²) < 4.78 is 0. The van der Waals surface area contributed by atoms with Crippen molar-refractivity contribution in [1.82, 2.24) is 0 Å². The summed E-state index contributed by atoms with van der Waals surface area (Å²) >= 11 is 4.29. The molecule has 0 fully saturated rings. The standard InChI is InChI=1S/C17H19NS/c1-12-3-5-15(6-4-12)17(18)11-13(2)14-7-9-16(19)10-8-14/h3-10,13,18-19H,11H2,1-2H3. The molecule has 1 unspecified atom stereocenters. The molecule has 0 aliphatic carbocycles. The molecule has 98 valence electrons. The Bertz CT molecular complexity index is 555. The number of rotatable bonds is 4. The van der Waals surface area contributed by atoms with E-state index in [4.69, 9.17) is 5.41 Å². The van der Waals surface area contributed by atoms with Crippen LogP contribution in [0.15, 0.2) is 53.4 Å². The molecule has 2 rings (SSSR count). The second kappa shape index (κ2) is 6.07. The van der Waals surface area contributed by atoms with Crippen molar-refractivity contribution >= 4 is 18.3 Å². The van der Waals surface area contributed by atoms with Gasteiger partial charge in [-0.1, -0.05) is 48.9 Å². The van der Waals surface area contributed by atoms with Gasteiger partial charge in [0, 0.05) is 10.6 Å². The maximum absolute atomic E-state index is 8.21. The first-order valence-electron chi connectivity index (χ1n) is 6.49. The average Bonchev–Trinajstić information content (AvgIpc) is 2.40.